The van der Waals surface area contributed by atoms with Crippen LogP contribution in [0, 0.1) is 5.92 Å². The molecule has 0 aliphatic rings. The molecule has 5 nitrogen and oxygen atoms in total. The van der Waals surface area contributed by atoms with E-state index in [0.717, 1.165) is 31.6 Å². The van der Waals surface area contributed by atoms with E-state index in [1.165, 1.54) is 0 Å². The average molecular weight is 278 g/mol. The zero-order valence-corrected chi connectivity index (χ0v) is 12.4. The number of pyridine rings is 1. The zero-order chi connectivity index (χ0) is 14.8. The molecule has 1 aromatic rings. The van der Waals surface area contributed by atoms with Gasteiger partial charge in [-0.2, -0.15) is 0 Å². The van der Waals surface area contributed by atoms with Crippen LogP contribution in [0.4, 0.5) is 5.82 Å². The molecule has 0 bridgehead atoms. The SMILES string of the molecule is CC(C)C[C@H](N)C(=O)NCCCCNc1ccccn1. The van der Waals surface area contributed by atoms with Crippen LogP contribution in [0.15, 0.2) is 24.4 Å². The number of amides is 1. The monoisotopic (exact) mass is 278 g/mol. The number of hydrogen-bond donors (Lipinski definition) is 3. The van der Waals surface area contributed by atoms with Crippen molar-refractivity contribution >= 4 is 11.7 Å². The van der Waals surface area contributed by atoms with Gasteiger partial charge in [0, 0.05) is 19.3 Å². The summed E-state index contributed by atoms with van der Waals surface area (Å²) in [6.45, 7) is 5.66. The van der Waals surface area contributed by atoms with Gasteiger partial charge in [-0.25, -0.2) is 4.98 Å². The van der Waals surface area contributed by atoms with Gasteiger partial charge < -0.3 is 16.4 Å². The molecule has 0 saturated carbocycles. The molecule has 4 N–H and O–H groups in total. The van der Waals surface area contributed by atoms with Crippen LogP contribution < -0.4 is 16.4 Å². The molecular formula is C15H26N4O. The molecule has 1 aromatic heterocycles. The second-order valence-corrected chi connectivity index (χ2v) is 5.38. The molecule has 0 aromatic carbocycles. The molecule has 1 rings (SSSR count). The van der Waals surface area contributed by atoms with E-state index >= 15 is 0 Å². The van der Waals surface area contributed by atoms with Crippen molar-refractivity contribution in [3.63, 3.8) is 0 Å². The third kappa shape index (κ3) is 7.09. The van der Waals surface area contributed by atoms with Gasteiger partial charge in [-0.05, 0) is 37.3 Å². The van der Waals surface area contributed by atoms with Crippen molar-refractivity contribution in [1.82, 2.24) is 10.3 Å². The predicted octanol–water partition coefficient (Wildman–Crippen LogP) is 1.76. The number of carbonyl (C=O) groups excluding carboxylic acids is 1. The number of aromatic nitrogens is 1. The third-order valence-electron chi connectivity index (χ3n) is 2.94. The topological polar surface area (TPSA) is 80.0 Å². The van der Waals surface area contributed by atoms with E-state index in [0.29, 0.717) is 12.5 Å². The summed E-state index contributed by atoms with van der Waals surface area (Å²) in [5, 5.41) is 6.11. The molecule has 1 atom stereocenters. The maximum Gasteiger partial charge on any atom is 0.236 e. The second kappa shape index (κ2) is 9.31. The summed E-state index contributed by atoms with van der Waals surface area (Å²) >= 11 is 0. The third-order valence-corrected chi connectivity index (χ3v) is 2.94. The van der Waals surface area contributed by atoms with Crippen LogP contribution in [0.5, 0.6) is 0 Å². The highest BCUT2D eigenvalue weighted by molar-refractivity contribution is 5.81. The number of unbranched alkanes of at least 4 members (excludes halogenated alkanes) is 1. The lowest BCUT2D eigenvalue weighted by Crippen LogP contribution is -2.41. The van der Waals surface area contributed by atoms with Gasteiger partial charge >= 0.3 is 0 Å². The smallest absolute Gasteiger partial charge is 0.236 e. The summed E-state index contributed by atoms with van der Waals surface area (Å²) in [6, 6.07) is 5.39. The first-order valence-corrected chi connectivity index (χ1v) is 7.27. The Morgan fingerprint density at radius 3 is 2.70 bits per heavy atom. The van der Waals surface area contributed by atoms with Crippen molar-refractivity contribution < 1.29 is 4.79 Å². The molecule has 1 amide bonds. The van der Waals surface area contributed by atoms with Gasteiger partial charge in [0.15, 0.2) is 0 Å². The number of anilines is 1. The lowest BCUT2D eigenvalue weighted by Gasteiger charge is -2.14. The number of hydrogen-bond acceptors (Lipinski definition) is 4. The molecule has 0 aliphatic heterocycles. The quantitative estimate of drug-likeness (QED) is 0.601. The highest BCUT2D eigenvalue weighted by Crippen LogP contribution is 2.03. The first kappa shape index (κ1) is 16.4. The Balaban J connectivity index is 2.03. The fourth-order valence-electron chi connectivity index (χ4n) is 1.89. The summed E-state index contributed by atoms with van der Waals surface area (Å²) in [7, 11) is 0. The van der Waals surface area contributed by atoms with Crippen molar-refractivity contribution in [3.8, 4) is 0 Å². The van der Waals surface area contributed by atoms with Crippen molar-refractivity contribution in [2.24, 2.45) is 11.7 Å². The summed E-state index contributed by atoms with van der Waals surface area (Å²) in [5.74, 6) is 1.28. The number of nitrogens with two attached hydrogens (primary N) is 1. The molecule has 1 heterocycles. The van der Waals surface area contributed by atoms with Gasteiger partial charge in [0.1, 0.15) is 5.82 Å². The minimum Gasteiger partial charge on any atom is -0.370 e. The van der Waals surface area contributed by atoms with Crippen LogP contribution in [0.2, 0.25) is 0 Å². The van der Waals surface area contributed by atoms with Crippen LogP contribution >= 0.6 is 0 Å². The average Bonchev–Trinajstić information content (AvgIpc) is 2.42. The van der Waals surface area contributed by atoms with Gasteiger partial charge in [0.2, 0.25) is 5.91 Å². The van der Waals surface area contributed by atoms with Crippen LogP contribution in [-0.4, -0.2) is 30.0 Å². The summed E-state index contributed by atoms with van der Waals surface area (Å²) in [5.41, 5.74) is 5.80. The molecule has 0 unspecified atom stereocenters. The van der Waals surface area contributed by atoms with Crippen LogP contribution in [-0.2, 0) is 4.79 Å². The maximum absolute atomic E-state index is 11.7. The minimum absolute atomic E-state index is 0.0450. The predicted molar refractivity (Wildman–Crippen MR) is 82.4 cm³/mol. The van der Waals surface area contributed by atoms with E-state index in [9.17, 15) is 4.79 Å². The molecular weight excluding hydrogens is 252 g/mol. The fourth-order valence-corrected chi connectivity index (χ4v) is 1.89. The molecule has 20 heavy (non-hydrogen) atoms. The van der Waals surface area contributed by atoms with E-state index < -0.39 is 0 Å². The van der Waals surface area contributed by atoms with Gasteiger partial charge in [0.05, 0.1) is 6.04 Å². The first-order chi connectivity index (χ1) is 9.59. The molecule has 0 fully saturated rings. The normalized spacial score (nSPS) is 12.2. The molecule has 0 saturated heterocycles. The van der Waals surface area contributed by atoms with Crippen LogP contribution in [0.3, 0.4) is 0 Å². The van der Waals surface area contributed by atoms with Crippen molar-refractivity contribution in [1.29, 1.82) is 0 Å². The summed E-state index contributed by atoms with van der Waals surface area (Å²) < 4.78 is 0. The van der Waals surface area contributed by atoms with E-state index in [1.807, 2.05) is 18.2 Å². The van der Waals surface area contributed by atoms with Gasteiger partial charge in [-0.1, -0.05) is 19.9 Å². The van der Waals surface area contributed by atoms with Crippen molar-refractivity contribution in [2.45, 2.75) is 39.2 Å². The minimum atomic E-state index is -0.387. The maximum atomic E-state index is 11.7. The van der Waals surface area contributed by atoms with E-state index in [1.54, 1.807) is 6.20 Å². The Morgan fingerprint density at radius 1 is 1.30 bits per heavy atom. The second-order valence-electron chi connectivity index (χ2n) is 5.38. The standard InChI is InChI=1S/C15H26N4O/c1-12(2)11-13(16)15(20)19-10-6-5-9-18-14-7-3-4-8-17-14/h3-4,7-8,12-13H,5-6,9-11,16H2,1-2H3,(H,17,18)(H,19,20)/t13-/m0/s1. The van der Waals surface area contributed by atoms with Gasteiger partial charge in [-0.15, -0.1) is 0 Å². The molecule has 0 aliphatic carbocycles. The van der Waals surface area contributed by atoms with Crippen LogP contribution in [0.1, 0.15) is 33.1 Å². The number of nitrogens with zero attached hydrogens (tertiary/aromatic N) is 1. The highest BCUT2D eigenvalue weighted by atomic mass is 16.2. The lowest BCUT2D eigenvalue weighted by molar-refractivity contribution is -0.122. The van der Waals surface area contributed by atoms with Crippen molar-refractivity contribution in [3.05, 3.63) is 24.4 Å². The Morgan fingerprint density at radius 2 is 2.05 bits per heavy atom. The fraction of sp³-hybridized carbons (Fsp3) is 0.600. The molecule has 112 valence electrons. The Hall–Kier alpha value is -1.62. The first-order valence-electron chi connectivity index (χ1n) is 7.27. The van der Waals surface area contributed by atoms with E-state index in [2.05, 4.69) is 29.5 Å². The molecule has 0 spiro atoms. The number of nitrogens with one attached hydrogen (secondary N) is 2. The summed E-state index contributed by atoms with van der Waals surface area (Å²) in [6.07, 6.45) is 4.40. The van der Waals surface area contributed by atoms with E-state index in [-0.39, 0.29) is 11.9 Å². The van der Waals surface area contributed by atoms with Gasteiger partial charge in [-0.3, -0.25) is 4.79 Å². The Kier molecular flexibility index (Phi) is 7.65. The largest absolute Gasteiger partial charge is 0.370 e. The van der Waals surface area contributed by atoms with Crippen molar-refractivity contribution in [2.75, 3.05) is 18.4 Å². The molecule has 0 radical (unpaired) electrons. The Labute approximate surface area is 121 Å². The highest BCUT2D eigenvalue weighted by Gasteiger charge is 2.13. The summed E-state index contributed by atoms with van der Waals surface area (Å²) in [4.78, 5) is 15.8. The zero-order valence-electron chi connectivity index (χ0n) is 12.4. The number of carbonyl (C=O) groups is 1. The lowest BCUT2D eigenvalue weighted by atomic mass is 10.0. The number of rotatable bonds is 9. The van der Waals surface area contributed by atoms with Crippen LogP contribution in [0.25, 0.3) is 0 Å². The van der Waals surface area contributed by atoms with Gasteiger partial charge in [0.25, 0.3) is 0 Å². The molecule has 5 heteroatoms. The Bertz CT molecular complexity index is 381. The van der Waals surface area contributed by atoms with E-state index in [4.69, 9.17) is 5.73 Å².